The maximum absolute atomic E-state index is 12.8. The van der Waals surface area contributed by atoms with Crippen molar-refractivity contribution in [2.75, 3.05) is 48.9 Å². The fourth-order valence-electron chi connectivity index (χ4n) is 3.85. The lowest BCUT2D eigenvalue weighted by atomic mass is 10.2. The van der Waals surface area contributed by atoms with Crippen LogP contribution in [0.25, 0.3) is 0 Å². The smallest absolute Gasteiger partial charge is 0.261 e. The molecule has 0 aromatic heterocycles. The summed E-state index contributed by atoms with van der Waals surface area (Å²) in [6.45, 7) is 4.95. The molecule has 7 nitrogen and oxygen atoms in total. The molecule has 0 atom stereocenters. The molecular weight excluding hydrogens is 472 g/mol. The number of nitrogens with one attached hydrogen (secondary N) is 2. The molecule has 0 spiro atoms. The van der Waals surface area contributed by atoms with Crippen molar-refractivity contribution in [2.24, 2.45) is 0 Å². The van der Waals surface area contributed by atoms with E-state index < -0.39 is 10.0 Å². The van der Waals surface area contributed by atoms with E-state index in [0.717, 1.165) is 32.7 Å². The van der Waals surface area contributed by atoms with Crippen LogP contribution in [-0.4, -0.2) is 58.5 Å². The van der Waals surface area contributed by atoms with Crippen molar-refractivity contribution in [2.45, 2.75) is 4.90 Å². The Morgan fingerprint density at radius 1 is 0.882 bits per heavy atom. The number of carbonyl (C=O) groups is 1. The van der Waals surface area contributed by atoms with Crippen LogP contribution in [0.15, 0.2) is 83.8 Å². The molecule has 1 aliphatic rings. The largest absolute Gasteiger partial charge is 0.369 e. The van der Waals surface area contributed by atoms with Gasteiger partial charge in [0.1, 0.15) is 0 Å². The molecule has 178 valence electrons. The first-order valence-electron chi connectivity index (χ1n) is 11.1. The second-order valence-electron chi connectivity index (χ2n) is 8.03. The van der Waals surface area contributed by atoms with Gasteiger partial charge in [-0.25, -0.2) is 8.42 Å². The molecule has 4 rings (SSSR count). The number of amides is 1. The Morgan fingerprint density at radius 2 is 1.59 bits per heavy atom. The molecule has 0 unspecified atom stereocenters. The normalized spacial score (nSPS) is 14.6. The van der Waals surface area contributed by atoms with E-state index in [9.17, 15) is 13.2 Å². The van der Waals surface area contributed by atoms with Crippen LogP contribution in [0.3, 0.4) is 0 Å². The predicted molar refractivity (Wildman–Crippen MR) is 136 cm³/mol. The number of piperazine rings is 1. The van der Waals surface area contributed by atoms with Crippen LogP contribution in [0.5, 0.6) is 0 Å². The summed E-state index contributed by atoms with van der Waals surface area (Å²) in [6, 6.07) is 22.9. The second kappa shape index (κ2) is 10.9. The fraction of sp³-hybridized carbons (Fsp3) is 0.240. The van der Waals surface area contributed by atoms with Gasteiger partial charge in [0.15, 0.2) is 0 Å². The number of hydrogen-bond donors (Lipinski definition) is 2. The van der Waals surface area contributed by atoms with E-state index in [1.54, 1.807) is 36.4 Å². The average molecular weight is 499 g/mol. The number of rotatable bonds is 8. The monoisotopic (exact) mass is 498 g/mol. The van der Waals surface area contributed by atoms with Crippen molar-refractivity contribution >= 4 is 38.9 Å². The van der Waals surface area contributed by atoms with E-state index in [2.05, 4.69) is 32.0 Å². The molecule has 0 aliphatic carbocycles. The summed E-state index contributed by atoms with van der Waals surface area (Å²) in [7, 11) is -3.88. The Balaban J connectivity index is 1.29. The number of sulfonamides is 1. The first-order chi connectivity index (χ1) is 16.4. The molecule has 3 aromatic rings. The SMILES string of the molecule is O=C(NCCN1CCN(c2ccccc2)CC1)c1cccc(S(=O)(=O)Nc2ccccc2Cl)c1. The molecule has 9 heteroatoms. The van der Waals surface area contributed by atoms with Crippen molar-refractivity contribution in [1.29, 1.82) is 0 Å². The maximum Gasteiger partial charge on any atom is 0.261 e. The van der Waals surface area contributed by atoms with E-state index in [1.165, 1.54) is 17.8 Å². The number of para-hydroxylation sites is 2. The van der Waals surface area contributed by atoms with Crippen molar-refractivity contribution < 1.29 is 13.2 Å². The summed E-state index contributed by atoms with van der Waals surface area (Å²) in [5.41, 5.74) is 1.80. The van der Waals surface area contributed by atoms with Crippen LogP contribution in [0.2, 0.25) is 5.02 Å². The molecule has 34 heavy (non-hydrogen) atoms. The Labute approximate surface area is 205 Å². The summed E-state index contributed by atoms with van der Waals surface area (Å²) < 4.78 is 28.0. The lowest BCUT2D eigenvalue weighted by molar-refractivity contribution is 0.0947. The molecule has 3 aromatic carbocycles. The Bertz CT molecular complexity index is 1230. The quantitative estimate of drug-likeness (QED) is 0.495. The van der Waals surface area contributed by atoms with Crippen LogP contribution in [0.1, 0.15) is 10.4 Å². The fourth-order valence-corrected chi connectivity index (χ4v) is 5.21. The van der Waals surface area contributed by atoms with Gasteiger partial charge >= 0.3 is 0 Å². The first-order valence-corrected chi connectivity index (χ1v) is 13.0. The van der Waals surface area contributed by atoms with Gasteiger partial charge in [0, 0.05) is 50.5 Å². The molecule has 0 saturated carbocycles. The number of carbonyl (C=O) groups excluding carboxylic acids is 1. The zero-order valence-corrected chi connectivity index (χ0v) is 20.2. The molecule has 1 saturated heterocycles. The summed E-state index contributed by atoms with van der Waals surface area (Å²) in [5, 5.41) is 3.19. The minimum Gasteiger partial charge on any atom is -0.369 e. The van der Waals surface area contributed by atoms with Crippen LogP contribution in [-0.2, 0) is 10.0 Å². The third kappa shape index (κ3) is 6.08. The highest BCUT2D eigenvalue weighted by molar-refractivity contribution is 7.92. The van der Waals surface area contributed by atoms with E-state index in [4.69, 9.17) is 11.6 Å². The number of halogens is 1. The van der Waals surface area contributed by atoms with Crippen molar-refractivity contribution in [1.82, 2.24) is 10.2 Å². The Kier molecular flexibility index (Phi) is 7.72. The van der Waals surface area contributed by atoms with E-state index in [-0.39, 0.29) is 22.1 Å². The lowest BCUT2D eigenvalue weighted by Crippen LogP contribution is -2.48. The van der Waals surface area contributed by atoms with Crippen LogP contribution in [0.4, 0.5) is 11.4 Å². The van der Waals surface area contributed by atoms with Gasteiger partial charge in [-0.05, 0) is 42.5 Å². The highest BCUT2D eigenvalue weighted by Gasteiger charge is 2.19. The molecule has 0 radical (unpaired) electrons. The van der Waals surface area contributed by atoms with Gasteiger partial charge in [-0.3, -0.25) is 14.4 Å². The van der Waals surface area contributed by atoms with Crippen LogP contribution < -0.4 is 14.9 Å². The summed E-state index contributed by atoms with van der Waals surface area (Å²) in [4.78, 5) is 17.3. The summed E-state index contributed by atoms with van der Waals surface area (Å²) in [5.74, 6) is -0.308. The van der Waals surface area contributed by atoms with E-state index in [1.807, 2.05) is 18.2 Å². The summed E-state index contributed by atoms with van der Waals surface area (Å²) in [6.07, 6.45) is 0. The highest BCUT2D eigenvalue weighted by atomic mass is 35.5. The maximum atomic E-state index is 12.8. The number of benzene rings is 3. The Morgan fingerprint density at radius 3 is 2.32 bits per heavy atom. The molecule has 0 bridgehead atoms. The van der Waals surface area contributed by atoms with Gasteiger partial charge in [0.2, 0.25) is 0 Å². The van der Waals surface area contributed by atoms with Crippen molar-refractivity contribution in [3.05, 3.63) is 89.4 Å². The average Bonchev–Trinajstić information content (AvgIpc) is 2.86. The van der Waals surface area contributed by atoms with E-state index >= 15 is 0 Å². The zero-order chi connectivity index (χ0) is 24.0. The zero-order valence-electron chi connectivity index (χ0n) is 18.7. The topological polar surface area (TPSA) is 81.8 Å². The number of anilines is 2. The van der Waals surface area contributed by atoms with Gasteiger partial charge < -0.3 is 10.2 Å². The third-order valence-electron chi connectivity index (χ3n) is 5.73. The highest BCUT2D eigenvalue weighted by Crippen LogP contribution is 2.24. The summed E-state index contributed by atoms with van der Waals surface area (Å²) >= 11 is 6.06. The minimum atomic E-state index is -3.88. The standard InChI is InChI=1S/C25H27ClN4O3S/c26-23-11-4-5-12-24(23)28-34(32,33)22-10-6-7-20(19-22)25(31)27-13-14-29-15-17-30(18-16-29)21-8-2-1-3-9-21/h1-12,19,28H,13-18H2,(H,27,31). The minimum absolute atomic E-state index is 0.00268. The van der Waals surface area contributed by atoms with Gasteiger partial charge in [-0.1, -0.05) is 48.0 Å². The third-order valence-corrected chi connectivity index (χ3v) is 7.42. The van der Waals surface area contributed by atoms with Crippen molar-refractivity contribution in [3.8, 4) is 0 Å². The Hall–Kier alpha value is -3.07. The number of nitrogens with zero attached hydrogens (tertiary/aromatic N) is 2. The van der Waals surface area contributed by atoms with Crippen molar-refractivity contribution in [3.63, 3.8) is 0 Å². The second-order valence-corrected chi connectivity index (χ2v) is 10.1. The molecule has 1 heterocycles. The van der Waals surface area contributed by atoms with Gasteiger partial charge in [-0.15, -0.1) is 0 Å². The lowest BCUT2D eigenvalue weighted by Gasteiger charge is -2.36. The van der Waals surface area contributed by atoms with Gasteiger partial charge in [-0.2, -0.15) is 0 Å². The van der Waals surface area contributed by atoms with Gasteiger partial charge in [0.25, 0.3) is 15.9 Å². The predicted octanol–water partition coefficient (Wildman–Crippen LogP) is 3.69. The van der Waals surface area contributed by atoms with Crippen LogP contribution >= 0.6 is 11.6 Å². The van der Waals surface area contributed by atoms with E-state index in [0.29, 0.717) is 11.6 Å². The molecular formula is C25H27ClN4O3S. The molecule has 1 fully saturated rings. The molecule has 1 amide bonds. The number of hydrogen-bond acceptors (Lipinski definition) is 5. The first kappa shape index (κ1) is 24.1. The van der Waals surface area contributed by atoms with Gasteiger partial charge in [0.05, 0.1) is 15.6 Å². The molecule has 2 N–H and O–H groups in total. The van der Waals surface area contributed by atoms with Crippen LogP contribution in [0, 0.1) is 0 Å². The molecule has 1 aliphatic heterocycles.